The Hall–Kier alpha value is -2.98. The van der Waals surface area contributed by atoms with Crippen LogP contribution in [0.3, 0.4) is 0 Å². The predicted molar refractivity (Wildman–Crippen MR) is 121 cm³/mol. The lowest BCUT2D eigenvalue weighted by Crippen LogP contribution is -2.26. The molecule has 0 bridgehead atoms. The van der Waals surface area contributed by atoms with Gasteiger partial charge in [0.05, 0.1) is 21.1 Å². The summed E-state index contributed by atoms with van der Waals surface area (Å²) in [6.45, 7) is 8.61. The lowest BCUT2D eigenvalue weighted by atomic mass is 10.1. The molecule has 0 saturated heterocycles. The molecule has 10 heteroatoms. The minimum atomic E-state index is -3.70. The van der Waals surface area contributed by atoms with E-state index >= 15 is 0 Å². The molecule has 31 heavy (non-hydrogen) atoms. The smallest absolute Gasteiger partial charge is 0.270 e. The molecule has 1 amide bonds. The summed E-state index contributed by atoms with van der Waals surface area (Å²) in [4.78, 5) is 25.9. The molecule has 2 rings (SSSR count). The van der Waals surface area contributed by atoms with Gasteiger partial charge in [0.1, 0.15) is 0 Å². The molecule has 0 unspecified atom stereocenters. The number of hydrogen-bond donors (Lipinski definition) is 1. The monoisotopic (exact) mass is 448 g/mol. The summed E-state index contributed by atoms with van der Waals surface area (Å²) in [5.74, 6) is -0.549. The highest BCUT2D eigenvalue weighted by Gasteiger charge is 2.23. The van der Waals surface area contributed by atoms with Crippen molar-refractivity contribution >= 4 is 33.0 Å². The van der Waals surface area contributed by atoms with Crippen molar-refractivity contribution in [3.05, 3.63) is 57.1 Å². The number of carbonyl (C=O) groups excluding carboxylic acids is 1. The Kier molecular flexibility index (Phi) is 7.40. The molecule has 0 saturated carbocycles. The van der Waals surface area contributed by atoms with Crippen LogP contribution in [0.25, 0.3) is 0 Å². The van der Waals surface area contributed by atoms with Gasteiger partial charge in [-0.2, -0.15) is 0 Å². The average Bonchev–Trinajstić information content (AvgIpc) is 2.71. The standard InChI is InChI=1S/C21H28N4O5S/c1-7-24(8-2)20-10-9-16(25(27)28)12-18(20)21(26)22-19-13-17(11-14(3)15(19)4)31(29,30)23(5)6/h9-13H,7-8H2,1-6H3,(H,22,26). The number of hydrogen-bond acceptors (Lipinski definition) is 6. The Morgan fingerprint density at radius 3 is 2.23 bits per heavy atom. The van der Waals surface area contributed by atoms with Gasteiger partial charge in [0, 0.05) is 45.0 Å². The summed E-state index contributed by atoms with van der Waals surface area (Å²) >= 11 is 0. The van der Waals surface area contributed by atoms with Crippen LogP contribution in [0.15, 0.2) is 35.2 Å². The molecule has 0 aromatic heterocycles. The van der Waals surface area contributed by atoms with Gasteiger partial charge in [-0.25, -0.2) is 12.7 Å². The molecule has 0 spiro atoms. The second-order valence-corrected chi connectivity index (χ2v) is 9.44. The van der Waals surface area contributed by atoms with Gasteiger partial charge in [-0.1, -0.05) is 0 Å². The first kappa shape index (κ1) is 24.3. The SMILES string of the molecule is CCN(CC)c1ccc([N+](=O)[O-])cc1C(=O)Nc1cc(S(=O)(=O)N(C)C)cc(C)c1C. The molecule has 0 radical (unpaired) electrons. The number of rotatable bonds is 8. The maximum absolute atomic E-state index is 13.2. The fourth-order valence-electron chi connectivity index (χ4n) is 3.16. The van der Waals surface area contributed by atoms with Crippen molar-refractivity contribution < 1.29 is 18.1 Å². The highest BCUT2D eigenvalue weighted by Crippen LogP contribution is 2.29. The number of nitrogens with one attached hydrogen (secondary N) is 1. The number of aryl methyl sites for hydroxylation is 1. The maximum atomic E-state index is 13.2. The van der Waals surface area contributed by atoms with Gasteiger partial charge in [-0.05, 0) is 57.0 Å². The largest absolute Gasteiger partial charge is 0.371 e. The fraction of sp³-hybridized carbons (Fsp3) is 0.381. The van der Waals surface area contributed by atoms with E-state index in [4.69, 9.17) is 0 Å². The topological polar surface area (TPSA) is 113 Å². The molecule has 0 atom stereocenters. The minimum absolute atomic E-state index is 0.0545. The first-order valence-electron chi connectivity index (χ1n) is 9.82. The van der Waals surface area contributed by atoms with E-state index in [0.29, 0.717) is 35.6 Å². The molecule has 0 aliphatic carbocycles. The molecule has 0 aliphatic heterocycles. The number of nitro groups is 1. The van der Waals surface area contributed by atoms with Crippen LogP contribution in [-0.4, -0.2) is 50.7 Å². The van der Waals surface area contributed by atoms with E-state index < -0.39 is 20.9 Å². The number of sulfonamides is 1. The van der Waals surface area contributed by atoms with Crippen molar-refractivity contribution in [2.24, 2.45) is 0 Å². The number of anilines is 2. The normalized spacial score (nSPS) is 11.5. The predicted octanol–water partition coefficient (Wildman–Crippen LogP) is 3.56. The van der Waals surface area contributed by atoms with E-state index in [1.54, 1.807) is 26.0 Å². The van der Waals surface area contributed by atoms with Gasteiger partial charge < -0.3 is 10.2 Å². The number of benzene rings is 2. The second kappa shape index (κ2) is 9.44. The van der Waals surface area contributed by atoms with Crippen LogP contribution in [0.5, 0.6) is 0 Å². The summed E-state index contributed by atoms with van der Waals surface area (Å²) in [5, 5.41) is 14.0. The average molecular weight is 449 g/mol. The van der Waals surface area contributed by atoms with Crippen LogP contribution in [0.2, 0.25) is 0 Å². The molecular formula is C21H28N4O5S. The minimum Gasteiger partial charge on any atom is -0.371 e. The molecule has 0 aliphatic rings. The van der Waals surface area contributed by atoms with Crippen LogP contribution in [0.1, 0.15) is 35.3 Å². The van der Waals surface area contributed by atoms with Crippen molar-refractivity contribution in [1.29, 1.82) is 0 Å². The Morgan fingerprint density at radius 1 is 1.10 bits per heavy atom. The summed E-state index contributed by atoms with van der Waals surface area (Å²) in [7, 11) is -0.837. The molecular weight excluding hydrogens is 420 g/mol. The Morgan fingerprint density at radius 2 is 1.71 bits per heavy atom. The van der Waals surface area contributed by atoms with E-state index in [1.165, 1.54) is 32.3 Å². The van der Waals surface area contributed by atoms with Crippen molar-refractivity contribution in [2.75, 3.05) is 37.4 Å². The van der Waals surface area contributed by atoms with Crippen molar-refractivity contribution in [3.8, 4) is 0 Å². The zero-order valence-corrected chi connectivity index (χ0v) is 19.4. The summed E-state index contributed by atoms with van der Waals surface area (Å²) in [5.41, 5.74) is 2.26. The third kappa shape index (κ3) is 5.02. The molecule has 0 heterocycles. The number of amides is 1. The van der Waals surface area contributed by atoms with Crippen molar-refractivity contribution in [1.82, 2.24) is 4.31 Å². The maximum Gasteiger partial charge on any atom is 0.270 e. The van der Waals surface area contributed by atoms with Crippen LogP contribution in [0.4, 0.5) is 17.1 Å². The van der Waals surface area contributed by atoms with Gasteiger partial charge in [-0.15, -0.1) is 0 Å². The Bertz CT molecular complexity index is 1110. The highest BCUT2D eigenvalue weighted by molar-refractivity contribution is 7.89. The quantitative estimate of drug-likeness (QED) is 0.488. The Labute approximate surface area is 182 Å². The fourth-order valence-corrected chi connectivity index (χ4v) is 4.18. The zero-order chi connectivity index (χ0) is 23.5. The van der Waals surface area contributed by atoms with Crippen LogP contribution >= 0.6 is 0 Å². The van der Waals surface area contributed by atoms with Gasteiger partial charge in [0.2, 0.25) is 10.0 Å². The molecule has 168 valence electrons. The number of non-ortho nitro benzene ring substituents is 1. The van der Waals surface area contributed by atoms with Crippen LogP contribution in [0, 0.1) is 24.0 Å². The second-order valence-electron chi connectivity index (χ2n) is 7.29. The van der Waals surface area contributed by atoms with Gasteiger partial charge in [-0.3, -0.25) is 14.9 Å². The number of carbonyl (C=O) groups is 1. The van der Waals surface area contributed by atoms with E-state index in [9.17, 15) is 23.3 Å². The van der Waals surface area contributed by atoms with Crippen molar-refractivity contribution in [2.45, 2.75) is 32.6 Å². The van der Waals surface area contributed by atoms with Crippen molar-refractivity contribution in [3.63, 3.8) is 0 Å². The molecule has 2 aromatic carbocycles. The first-order chi connectivity index (χ1) is 14.4. The zero-order valence-electron chi connectivity index (χ0n) is 18.6. The highest BCUT2D eigenvalue weighted by atomic mass is 32.2. The van der Waals surface area contributed by atoms with E-state index in [1.807, 2.05) is 18.7 Å². The summed E-state index contributed by atoms with van der Waals surface area (Å²) in [6.07, 6.45) is 0. The molecule has 2 aromatic rings. The summed E-state index contributed by atoms with van der Waals surface area (Å²) < 4.78 is 26.3. The van der Waals surface area contributed by atoms with Gasteiger partial charge >= 0.3 is 0 Å². The molecule has 1 N–H and O–H groups in total. The molecule has 9 nitrogen and oxygen atoms in total. The van der Waals surface area contributed by atoms with Crippen LogP contribution < -0.4 is 10.2 Å². The summed E-state index contributed by atoms with van der Waals surface area (Å²) in [6, 6.07) is 7.12. The van der Waals surface area contributed by atoms with Gasteiger partial charge in [0.15, 0.2) is 0 Å². The van der Waals surface area contributed by atoms with E-state index in [0.717, 1.165) is 4.31 Å². The number of nitrogens with zero attached hydrogens (tertiary/aromatic N) is 3. The lowest BCUT2D eigenvalue weighted by Gasteiger charge is -2.24. The van der Waals surface area contributed by atoms with E-state index in [-0.39, 0.29) is 16.1 Å². The number of nitro benzene ring substituents is 1. The third-order valence-electron chi connectivity index (χ3n) is 5.21. The Balaban J connectivity index is 2.58. The third-order valence-corrected chi connectivity index (χ3v) is 7.00. The van der Waals surface area contributed by atoms with E-state index in [2.05, 4.69) is 5.32 Å². The first-order valence-corrected chi connectivity index (χ1v) is 11.3. The van der Waals surface area contributed by atoms with Crippen LogP contribution in [-0.2, 0) is 10.0 Å². The van der Waals surface area contributed by atoms with Gasteiger partial charge in [0.25, 0.3) is 11.6 Å². The lowest BCUT2D eigenvalue weighted by molar-refractivity contribution is -0.384. The molecule has 0 fully saturated rings.